The van der Waals surface area contributed by atoms with Gasteiger partial charge in [0.1, 0.15) is 31.2 Å². The monoisotopic (exact) mass is 328 g/mol. The molecule has 0 saturated carbocycles. The Kier molecular flexibility index (Phi) is 5.36. The van der Waals surface area contributed by atoms with E-state index in [9.17, 15) is 0 Å². The third-order valence-corrected chi connectivity index (χ3v) is 3.78. The fraction of sp³-hybridized carbons (Fsp3) is 0.444. The molecule has 3 rings (SSSR count). The lowest BCUT2D eigenvalue weighted by molar-refractivity contribution is 0.171. The van der Waals surface area contributed by atoms with Gasteiger partial charge in [-0.05, 0) is 25.0 Å². The molecule has 0 spiro atoms. The highest BCUT2D eigenvalue weighted by atomic mass is 16.6. The quantitative estimate of drug-likeness (QED) is 0.838. The number of benzene rings is 1. The standard InChI is InChI=1S/C18H24N4O2/c1-3-7-22(8-4-2)18-12-17(19-13-20-18)21-14-5-6-15-16(11-14)24-10-9-23-15/h5-6,11-13H,3-4,7-10H2,1-2H3,(H,19,20,21). The molecule has 0 bridgehead atoms. The van der Waals surface area contributed by atoms with Crippen LogP contribution < -0.4 is 19.7 Å². The zero-order valence-corrected chi connectivity index (χ0v) is 14.3. The number of ether oxygens (including phenoxy) is 2. The van der Waals surface area contributed by atoms with Crippen LogP contribution in [0.1, 0.15) is 26.7 Å². The molecule has 24 heavy (non-hydrogen) atoms. The summed E-state index contributed by atoms with van der Waals surface area (Å²) in [6.45, 7) is 7.52. The van der Waals surface area contributed by atoms with Crippen molar-refractivity contribution in [3.05, 3.63) is 30.6 Å². The van der Waals surface area contributed by atoms with E-state index in [-0.39, 0.29) is 0 Å². The summed E-state index contributed by atoms with van der Waals surface area (Å²) in [5.41, 5.74) is 0.918. The van der Waals surface area contributed by atoms with Gasteiger partial charge in [-0.1, -0.05) is 13.8 Å². The van der Waals surface area contributed by atoms with E-state index in [1.54, 1.807) is 6.33 Å². The molecule has 0 unspecified atom stereocenters. The van der Waals surface area contributed by atoms with E-state index in [1.807, 2.05) is 24.3 Å². The van der Waals surface area contributed by atoms with Gasteiger partial charge >= 0.3 is 0 Å². The van der Waals surface area contributed by atoms with Crippen LogP contribution in [0.2, 0.25) is 0 Å². The zero-order valence-electron chi connectivity index (χ0n) is 14.3. The largest absolute Gasteiger partial charge is 0.486 e. The number of aromatic nitrogens is 2. The third kappa shape index (κ3) is 3.88. The second kappa shape index (κ2) is 7.86. The summed E-state index contributed by atoms with van der Waals surface area (Å²) in [4.78, 5) is 11.0. The van der Waals surface area contributed by atoms with Crippen LogP contribution in [0.5, 0.6) is 11.5 Å². The molecule has 1 aromatic carbocycles. The fourth-order valence-corrected chi connectivity index (χ4v) is 2.74. The Morgan fingerprint density at radius 1 is 1.00 bits per heavy atom. The molecule has 2 heterocycles. The molecule has 1 aliphatic rings. The minimum atomic E-state index is 0.580. The van der Waals surface area contributed by atoms with Crippen LogP contribution >= 0.6 is 0 Å². The lowest BCUT2D eigenvalue weighted by Crippen LogP contribution is -2.25. The van der Waals surface area contributed by atoms with Crippen molar-refractivity contribution in [2.24, 2.45) is 0 Å². The van der Waals surface area contributed by atoms with Crippen LogP contribution in [0.4, 0.5) is 17.3 Å². The van der Waals surface area contributed by atoms with Crippen molar-refractivity contribution >= 4 is 17.3 Å². The molecule has 6 heteroatoms. The third-order valence-electron chi connectivity index (χ3n) is 3.78. The molecule has 0 radical (unpaired) electrons. The molecule has 0 atom stereocenters. The van der Waals surface area contributed by atoms with E-state index in [4.69, 9.17) is 9.47 Å². The number of hydrogen-bond donors (Lipinski definition) is 1. The van der Waals surface area contributed by atoms with E-state index >= 15 is 0 Å². The first-order valence-corrected chi connectivity index (χ1v) is 8.53. The number of anilines is 3. The van der Waals surface area contributed by atoms with E-state index in [0.717, 1.165) is 54.8 Å². The summed E-state index contributed by atoms with van der Waals surface area (Å²) < 4.78 is 11.2. The van der Waals surface area contributed by atoms with Crippen molar-refractivity contribution in [1.29, 1.82) is 0 Å². The van der Waals surface area contributed by atoms with Crippen molar-refractivity contribution in [2.45, 2.75) is 26.7 Å². The first kappa shape index (κ1) is 16.4. The minimum absolute atomic E-state index is 0.580. The summed E-state index contributed by atoms with van der Waals surface area (Å²) in [6.07, 6.45) is 3.79. The topological polar surface area (TPSA) is 59.5 Å². The number of nitrogens with zero attached hydrogens (tertiary/aromatic N) is 3. The first-order valence-electron chi connectivity index (χ1n) is 8.53. The van der Waals surface area contributed by atoms with Crippen molar-refractivity contribution in [1.82, 2.24) is 9.97 Å². The van der Waals surface area contributed by atoms with Gasteiger partial charge in [-0.3, -0.25) is 0 Å². The molecule has 128 valence electrons. The number of rotatable bonds is 7. The Labute approximate surface area is 142 Å². The summed E-state index contributed by atoms with van der Waals surface area (Å²) in [7, 11) is 0. The second-order valence-corrected chi connectivity index (χ2v) is 5.73. The van der Waals surface area contributed by atoms with Crippen LogP contribution in [0.25, 0.3) is 0 Å². The lowest BCUT2D eigenvalue weighted by atomic mass is 10.2. The highest BCUT2D eigenvalue weighted by Gasteiger charge is 2.12. The van der Waals surface area contributed by atoms with E-state index in [1.165, 1.54) is 0 Å². The minimum Gasteiger partial charge on any atom is -0.486 e. The second-order valence-electron chi connectivity index (χ2n) is 5.73. The first-order chi connectivity index (χ1) is 11.8. The van der Waals surface area contributed by atoms with Gasteiger partial charge in [-0.25, -0.2) is 9.97 Å². The zero-order chi connectivity index (χ0) is 16.8. The van der Waals surface area contributed by atoms with Crippen LogP contribution in [0.15, 0.2) is 30.6 Å². The normalized spacial score (nSPS) is 12.8. The number of nitrogens with one attached hydrogen (secondary N) is 1. The van der Waals surface area contributed by atoms with E-state index in [0.29, 0.717) is 13.2 Å². The maximum Gasteiger partial charge on any atom is 0.163 e. The van der Waals surface area contributed by atoms with Gasteiger partial charge < -0.3 is 19.7 Å². The van der Waals surface area contributed by atoms with Crippen LogP contribution in [0.3, 0.4) is 0 Å². The van der Waals surface area contributed by atoms with Gasteiger partial charge in [0.2, 0.25) is 0 Å². The predicted molar refractivity (Wildman–Crippen MR) is 95.5 cm³/mol. The van der Waals surface area contributed by atoms with Crippen molar-refractivity contribution in [3.8, 4) is 11.5 Å². The summed E-state index contributed by atoms with van der Waals surface area (Å²) in [5, 5.41) is 3.32. The Bertz CT molecular complexity index is 672. The molecule has 6 nitrogen and oxygen atoms in total. The average molecular weight is 328 g/mol. The van der Waals surface area contributed by atoms with Crippen molar-refractivity contribution < 1.29 is 9.47 Å². The number of hydrogen-bond acceptors (Lipinski definition) is 6. The molecular formula is C18H24N4O2. The molecule has 1 aromatic heterocycles. The highest BCUT2D eigenvalue weighted by molar-refractivity contribution is 5.63. The lowest BCUT2D eigenvalue weighted by Gasteiger charge is -2.23. The van der Waals surface area contributed by atoms with Crippen molar-refractivity contribution in [3.63, 3.8) is 0 Å². The Morgan fingerprint density at radius 3 is 2.50 bits per heavy atom. The molecular weight excluding hydrogens is 304 g/mol. The van der Waals surface area contributed by atoms with E-state index in [2.05, 4.69) is 34.0 Å². The fourth-order valence-electron chi connectivity index (χ4n) is 2.74. The highest BCUT2D eigenvalue weighted by Crippen LogP contribution is 2.33. The smallest absolute Gasteiger partial charge is 0.163 e. The summed E-state index contributed by atoms with van der Waals surface area (Å²) >= 11 is 0. The molecule has 1 N–H and O–H groups in total. The van der Waals surface area contributed by atoms with Gasteiger partial charge in [0.25, 0.3) is 0 Å². The van der Waals surface area contributed by atoms with Crippen molar-refractivity contribution in [2.75, 3.05) is 36.5 Å². The Morgan fingerprint density at radius 2 is 1.75 bits per heavy atom. The number of fused-ring (bicyclic) bond motifs is 1. The predicted octanol–water partition coefficient (Wildman–Crippen LogP) is 3.62. The molecule has 1 aliphatic heterocycles. The maximum atomic E-state index is 5.62. The van der Waals surface area contributed by atoms with Gasteiger partial charge in [0, 0.05) is 30.9 Å². The molecule has 0 saturated heterocycles. The van der Waals surface area contributed by atoms with E-state index < -0.39 is 0 Å². The molecule has 0 aliphatic carbocycles. The van der Waals surface area contributed by atoms with Gasteiger partial charge in [0.05, 0.1) is 0 Å². The molecule has 0 amide bonds. The SMILES string of the molecule is CCCN(CCC)c1cc(Nc2ccc3c(c2)OCCO3)ncn1. The maximum absolute atomic E-state index is 5.62. The van der Waals surface area contributed by atoms with Crippen LogP contribution in [-0.4, -0.2) is 36.3 Å². The average Bonchev–Trinajstić information content (AvgIpc) is 2.62. The molecule has 2 aromatic rings. The Hall–Kier alpha value is -2.50. The summed E-state index contributed by atoms with van der Waals surface area (Å²) in [6, 6.07) is 7.80. The van der Waals surface area contributed by atoms with Crippen LogP contribution in [-0.2, 0) is 0 Å². The summed E-state index contributed by atoms with van der Waals surface area (Å²) in [5.74, 6) is 3.27. The Balaban J connectivity index is 1.76. The van der Waals surface area contributed by atoms with Gasteiger partial charge in [0.15, 0.2) is 11.5 Å². The van der Waals surface area contributed by atoms with Crippen LogP contribution in [0, 0.1) is 0 Å². The van der Waals surface area contributed by atoms with Gasteiger partial charge in [-0.15, -0.1) is 0 Å². The van der Waals surface area contributed by atoms with Gasteiger partial charge in [-0.2, -0.15) is 0 Å². The molecule has 0 fully saturated rings.